The van der Waals surface area contributed by atoms with Gasteiger partial charge in [-0.05, 0) is 36.4 Å². The largest absolute Gasteiger partial charge is 0.492 e. The lowest BCUT2D eigenvalue weighted by molar-refractivity contribution is 0.454. The van der Waals surface area contributed by atoms with Crippen LogP contribution in [0, 0.1) is 0 Å². The van der Waals surface area contributed by atoms with Crippen molar-refractivity contribution in [3.05, 3.63) is 71.3 Å². The topological polar surface area (TPSA) is 87.2 Å². The Hall–Kier alpha value is -3.28. The van der Waals surface area contributed by atoms with Gasteiger partial charge in [-0.1, -0.05) is 45.9 Å². The van der Waals surface area contributed by atoms with Gasteiger partial charge in [-0.3, -0.25) is 4.79 Å². The van der Waals surface area contributed by atoms with E-state index in [9.17, 15) is 9.90 Å². The minimum absolute atomic E-state index is 0.000715. The van der Waals surface area contributed by atoms with E-state index in [2.05, 4.69) is 15.3 Å². The molecule has 0 aliphatic rings. The van der Waals surface area contributed by atoms with Crippen LogP contribution in [-0.2, 0) is 0 Å². The standard InChI is InChI=1S/C16H13N3O3.2C2H6/c20-15-14(16(21)18-10-17-15)19-11-6-8-13(9-7-11)22-12-4-2-1-3-5-12;2*1-2/h1-10,19H,(H2,17,18,20,21);2*1-2H3. The van der Waals surface area contributed by atoms with Gasteiger partial charge in [0.05, 0.1) is 6.33 Å². The number of benzene rings is 2. The number of nitrogens with zero attached hydrogens (tertiary/aromatic N) is 1. The van der Waals surface area contributed by atoms with Gasteiger partial charge in [-0.2, -0.15) is 0 Å². The molecule has 0 aliphatic carbocycles. The summed E-state index contributed by atoms with van der Waals surface area (Å²) in [5, 5.41) is 12.4. The lowest BCUT2D eigenvalue weighted by Crippen LogP contribution is -2.11. The van der Waals surface area contributed by atoms with Crippen molar-refractivity contribution >= 4 is 11.4 Å². The molecule has 2 aromatic carbocycles. The molecule has 0 spiro atoms. The molecule has 0 saturated heterocycles. The number of anilines is 2. The second-order valence-electron chi connectivity index (χ2n) is 4.49. The first-order valence-corrected chi connectivity index (χ1v) is 8.59. The molecule has 3 rings (SSSR count). The van der Waals surface area contributed by atoms with Crippen molar-refractivity contribution in [2.45, 2.75) is 27.7 Å². The van der Waals surface area contributed by atoms with Crippen LogP contribution in [0.3, 0.4) is 0 Å². The lowest BCUT2D eigenvalue weighted by atomic mass is 10.3. The average Bonchev–Trinajstić information content (AvgIpc) is 2.70. The molecule has 1 aromatic heterocycles. The lowest BCUT2D eigenvalue weighted by Gasteiger charge is -2.08. The van der Waals surface area contributed by atoms with Gasteiger partial charge >= 0.3 is 0 Å². The van der Waals surface area contributed by atoms with E-state index in [-0.39, 0.29) is 11.6 Å². The summed E-state index contributed by atoms with van der Waals surface area (Å²) in [6.45, 7) is 8.00. The smallest absolute Gasteiger partial charge is 0.278 e. The first-order valence-electron chi connectivity index (χ1n) is 8.59. The van der Waals surface area contributed by atoms with Crippen molar-refractivity contribution in [1.29, 1.82) is 0 Å². The summed E-state index contributed by atoms with van der Waals surface area (Å²) in [6.07, 6.45) is 1.14. The summed E-state index contributed by atoms with van der Waals surface area (Å²) in [7, 11) is 0. The summed E-state index contributed by atoms with van der Waals surface area (Å²) in [5.74, 6) is 1.05. The van der Waals surface area contributed by atoms with Crippen molar-refractivity contribution < 1.29 is 9.84 Å². The quantitative estimate of drug-likeness (QED) is 0.608. The molecule has 26 heavy (non-hydrogen) atoms. The van der Waals surface area contributed by atoms with Crippen molar-refractivity contribution in [3.8, 4) is 17.4 Å². The molecule has 0 unspecified atom stereocenters. The van der Waals surface area contributed by atoms with Crippen molar-refractivity contribution in [2.75, 3.05) is 5.32 Å². The molecule has 0 bridgehead atoms. The predicted molar refractivity (Wildman–Crippen MR) is 105 cm³/mol. The summed E-state index contributed by atoms with van der Waals surface area (Å²) < 4.78 is 5.67. The number of ether oxygens (including phenoxy) is 1. The Kier molecular flexibility index (Phi) is 9.03. The van der Waals surface area contributed by atoms with E-state index >= 15 is 0 Å². The van der Waals surface area contributed by atoms with Gasteiger partial charge < -0.3 is 20.1 Å². The van der Waals surface area contributed by atoms with Crippen LogP contribution in [-0.4, -0.2) is 15.1 Å². The van der Waals surface area contributed by atoms with E-state index in [1.165, 1.54) is 0 Å². The normalized spacial score (nSPS) is 9.08. The summed E-state index contributed by atoms with van der Waals surface area (Å²) in [5.41, 5.74) is 0.186. The van der Waals surface area contributed by atoms with Gasteiger partial charge in [0.15, 0.2) is 5.69 Å². The number of para-hydroxylation sites is 1. The maximum absolute atomic E-state index is 11.6. The van der Waals surface area contributed by atoms with E-state index in [1.807, 2.05) is 58.0 Å². The maximum Gasteiger partial charge on any atom is 0.278 e. The third kappa shape index (κ3) is 5.98. The fraction of sp³-hybridized carbons (Fsp3) is 0.200. The maximum atomic E-state index is 11.6. The molecule has 0 aliphatic heterocycles. The Morgan fingerprint density at radius 1 is 0.923 bits per heavy atom. The van der Waals surface area contributed by atoms with Crippen LogP contribution >= 0.6 is 0 Å². The van der Waals surface area contributed by atoms with E-state index in [0.717, 1.165) is 12.1 Å². The Balaban J connectivity index is 0.000000791. The molecular formula is C20H25N3O3. The summed E-state index contributed by atoms with van der Waals surface area (Å²) in [4.78, 5) is 17.6. The van der Waals surface area contributed by atoms with E-state index < -0.39 is 5.56 Å². The molecule has 0 radical (unpaired) electrons. The third-order valence-corrected chi connectivity index (χ3v) is 2.94. The van der Waals surface area contributed by atoms with Crippen LogP contribution in [0.2, 0.25) is 0 Å². The number of nitrogens with one attached hydrogen (secondary N) is 2. The fourth-order valence-electron chi connectivity index (χ4n) is 1.88. The average molecular weight is 355 g/mol. The van der Waals surface area contributed by atoms with Gasteiger partial charge in [0.2, 0.25) is 5.88 Å². The van der Waals surface area contributed by atoms with Crippen LogP contribution in [0.4, 0.5) is 11.4 Å². The van der Waals surface area contributed by atoms with Gasteiger partial charge in [0.1, 0.15) is 11.5 Å². The molecule has 0 amide bonds. The van der Waals surface area contributed by atoms with Gasteiger partial charge in [-0.15, -0.1) is 0 Å². The highest BCUT2D eigenvalue weighted by Gasteiger charge is 2.07. The molecule has 0 atom stereocenters. The highest BCUT2D eigenvalue weighted by molar-refractivity contribution is 5.63. The Morgan fingerprint density at radius 2 is 1.50 bits per heavy atom. The van der Waals surface area contributed by atoms with E-state index in [1.54, 1.807) is 24.3 Å². The zero-order valence-corrected chi connectivity index (χ0v) is 15.5. The van der Waals surface area contributed by atoms with Crippen molar-refractivity contribution in [3.63, 3.8) is 0 Å². The summed E-state index contributed by atoms with van der Waals surface area (Å²) >= 11 is 0. The van der Waals surface area contributed by atoms with Crippen LogP contribution in [0.1, 0.15) is 27.7 Å². The molecule has 138 valence electrons. The monoisotopic (exact) mass is 355 g/mol. The van der Waals surface area contributed by atoms with Gasteiger partial charge in [-0.25, -0.2) is 4.98 Å². The molecule has 3 N–H and O–H groups in total. The van der Waals surface area contributed by atoms with Crippen LogP contribution in [0.25, 0.3) is 0 Å². The molecule has 0 fully saturated rings. The highest BCUT2D eigenvalue weighted by atomic mass is 16.5. The van der Waals surface area contributed by atoms with Gasteiger partial charge in [0, 0.05) is 5.69 Å². The van der Waals surface area contributed by atoms with Crippen LogP contribution < -0.4 is 15.6 Å². The van der Waals surface area contributed by atoms with Crippen LogP contribution in [0.5, 0.6) is 17.4 Å². The Morgan fingerprint density at radius 3 is 2.08 bits per heavy atom. The van der Waals surface area contributed by atoms with Crippen molar-refractivity contribution in [1.82, 2.24) is 9.97 Å². The van der Waals surface area contributed by atoms with Crippen LogP contribution in [0.15, 0.2) is 65.7 Å². The SMILES string of the molecule is CC.CC.O=c1[nH]cnc(O)c1Nc1ccc(Oc2ccccc2)cc1. The molecule has 0 saturated carbocycles. The molecular weight excluding hydrogens is 330 g/mol. The number of aromatic nitrogens is 2. The molecule has 1 heterocycles. The number of rotatable bonds is 4. The first kappa shape index (κ1) is 20.8. The number of hydrogen-bond donors (Lipinski definition) is 3. The second-order valence-corrected chi connectivity index (χ2v) is 4.49. The zero-order valence-electron chi connectivity index (χ0n) is 15.5. The summed E-state index contributed by atoms with van der Waals surface area (Å²) in [6, 6.07) is 16.4. The van der Waals surface area contributed by atoms with E-state index in [0.29, 0.717) is 11.4 Å². The third-order valence-electron chi connectivity index (χ3n) is 2.94. The zero-order chi connectivity index (χ0) is 19.4. The molecule has 3 aromatic rings. The second kappa shape index (κ2) is 11.3. The first-order chi connectivity index (χ1) is 12.7. The predicted octanol–water partition coefficient (Wildman–Crippen LogP) is 5.06. The number of aromatic hydroxyl groups is 1. The highest BCUT2D eigenvalue weighted by Crippen LogP contribution is 2.25. The van der Waals surface area contributed by atoms with Gasteiger partial charge in [0.25, 0.3) is 5.56 Å². The minimum atomic E-state index is -0.447. The minimum Gasteiger partial charge on any atom is -0.492 e. The van der Waals surface area contributed by atoms with Crippen molar-refractivity contribution in [2.24, 2.45) is 0 Å². The Labute approximate surface area is 153 Å². The molecule has 6 heteroatoms. The number of hydrogen-bond acceptors (Lipinski definition) is 5. The molecule has 6 nitrogen and oxygen atoms in total. The number of H-pyrrole nitrogens is 1. The van der Waals surface area contributed by atoms with E-state index in [4.69, 9.17) is 4.74 Å². The fourth-order valence-corrected chi connectivity index (χ4v) is 1.88. The Bertz CT molecular complexity index is 816. The number of aromatic amines is 1.